The van der Waals surface area contributed by atoms with Gasteiger partial charge in [-0.2, -0.15) is 0 Å². The second-order valence-electron chi connectivity index (χ2n) is 2.31. The van der Waals surface area contributed by atoms with Gasteiger partial charge in [-0.25, -0.2) is 4.98 Å². The third-order valence-corrected chi connectivity index (χ3v) is 2.30. The van der Waals surface area contributed by atoms with Crippen molar-refractivity contribution in [3.05, 3.63) is 11.1 Å². The van der Waals surface area contributed by atoms with Crippen molar-refractivity contribution in [1.82, 2.24) is 4.98 Å². The number of rotatable bonds is 5. The molecule has 0 spiro atoms. The highest BCUT2D eigenvalue weighted by molar-refractivity contribution is 7.17. The standard InChI is InChI=1S/C7H11N3O2S/c1-12-3-2-9-7-10-4-5(13-7)6(8)11/h4H,2-3H2,1H3,(H2,8,11)(H,9,10). The van der Waals surface area contributed by atoms with E-state index in [0.29, 0.717) is 23.2 Å². The van der Waals surface area contributed by atoms with Gasteiger partial charge in [-0.3, -0.25) is 4.79 Å². The van der Waals surface area contributed by atoms with Crippen molar-refractivity contribution in [1.29, 1.82) is 0 Å². The van der Waals surface area contributed by atoms with Crippen molar-refractivity contribution in [3.63, 3.8) is 0 Å². The summed E-state index contributed by atoms with van der Waals surface area (Å²) in [5.41, 5.74) is 5.06. The molecule has 1 aromatic rings. The van der Waals surface area contributed by atoms with Crippen LogP contribution in [0, 0.1) is 0 Å². The number of amides is 1. The molecule has 0 saturated heterocycles. The first-order valence-corrected chi connectivity index (χ1v) is 4.54. The van der Waals surface area contributed by atoms with Crippen LogP contribution >= 0.6 is 11.3 Å². The maximum Gasteiger partial charge on any atom is 0.260 e. The van der Waals surface area contributed by atoms with Gasteiger partial charge in [-0.05, 0) is 0 Å². The van der Waals surface area contributed by atoms with Gasteiger partial charge in [-0.15, -0.1) is 0 Å². The molecule has 72 valence electrons. The second kappa shape index (κ2) is 4.78. The van der Waals surface area contributed by atoms with Gasteiger partial charge in [0.25, 0.3) is 5.91 Å². The molecule has 0 radical (unpaired) electrons. The maximum atomic E-state index is 10.7. The number of hydrogen-bond acceptors (Lipinski definition) is 5. The first-order valence-electron chi connectivity index (χ1n) is 3.72. The summed E-state index contributed by atoms with van der Waals surface area (Å²) in [5.74, 6) is -0.447. The first kappa shape index (κ1) is 9.94. The van der Waals surface area contributed by atoms with Crippen molar-refractivity contribution in [2.24, 2.45) is 5.73 Å². The Balaban J connectivity index is 2.44. The van der Waals surface area contributed by atoms with E-state index in [1.54, 1.807) is 7.11 Å². The van der Waals surface area contributed by atoms with Crippen LogP contribution in [0.1, 0.15) is 9.67 Å². The number of aromatic nitrogens is 1. The Morgan fingerprint density at radius 1 is 1.85 bits per heavy atom. The average molecular weight is 201 g/mol. The fraction of sp³-hybridized carbons (Fsp3) is 0.429. The fourth-order valence-electron chi connectivity index (χ4n) is 0.730. The minimum atomic E-state index is -0.447. The van der Waals surface area contributed by atoms with Crippen LogP contribution in [0.4, 0.5) is 5.13 Å². The lowest BCUT2D eigenvalue weighted by molar-refractivity contribution is 0.100. The molecular formula is C7H11N3O2S. The molecule has 0 aromatic carbocycles. The van der Waals surface area contributed by atoms with Gasteiger partial charge in [0.05, 0.1) is 12.8 Å². The summed E-state index contributed by atoms with van der Waals surface area (Å²) in [6.45, 7) is 1.27. The van der Waals surface area contributed by atoms with Crippen LogP contribution in [0.25, 0.3) is 0 Å². The molecule has 0 unspecified atom stereocenters. The van der Waals surface area contributed by atoms with E-state index in [1.165, 1.54) is 17.5 Å². The number of anilines is 1. The third kappa shape index (κ3) is 3.00. The maximum absolute atomic E-state index is 10.7. The highest BCUT2D eigenvalue weighted by Crippen LogP contribution is 2.16. The highest BCUT2D eigenvalue weighted by Gasteiger charge is 2.05. The molecule has 1 heterocycles. The van der Waals surface area contributed by atoms with Crippen molar-refractivity contribution in [2.75, 3.05) is 25.6 Å². The lowest BCUT2D eigenvalue weighted by Gasteiger charge is -1.99. The molecule has 13 heavy (non-hydrogen) atoms. The summed E-state index contributed by atoms with van der Waals surface area (Å²) < 4.78 is 4.84. The molecule has 0 bridgehead atoms. The molecule has 3 N–H and O–H groups in total. The molecule has 0 aliphatic carbocycles. The minimum Gasteiger partial charge on any atom is -0.383 e. The molecule has 0 saturated carbocycles. The van der Waals surface area contributed by atoms with Crippen LogP contribution in [-0.2, 0) is 4.74 Å². The number of methoxy groups -OCH3 is 1. The van der Waals surface area contributed by atoms with Crippen molar-refractivity contribution in [3.8, 4) is 0 Å². The van der Waals surface area contributed by atoms with Gasteiger partial charge in [0.15, 0.2) is 5.13 Å². The smallest absolute Gasteiger partial charge is 0.260 e. The zero-order valence-electron chi connectivity index (χ0n) is 7.24. The Bertz CT molecular complexity index is 287. The van der Waals surface area contributed by atoms with Crippen LogP contribution in [-0.4, -0.2) is 31.2 Å². The lowest BCUT2D eigenvalue weighted by atomic mass is 10.5. The van der Waals surface area contributed by atoms with Crippen molar-refractivity contribution in [2.45, 2.75) is 0 Å². The molecule has 1 rings (SSSR count). The van der Waals surface area contributed by atoms with Crippen LogP contribution in [0.5, 0.6) is 0 Å². The van der Waals surface area contributed by atoms with Crippen LogP contribution in [0.15, 0.2) is 6.20 Å². The van der Waals surface area contributed by atoms with E-state index in [4.69, 9.17) is 10.5 Å². The first-order chi connectivity index (χ1) is 6.24. The Morgan fingerprint density at radius 2 is 2.62 bits per heavy atom. The molecule has 0 fully saturated rings. The summed E-state index contributed by atoms with van der Waals surface area (Å²) in [4.78, 5) is 15.1. The van der Waals surface area contributed by atoms with Gasteiger partial charge < -0.3 is 15.8 Å². The van der Waals surface area contributed by atoms with Gasteiger partial charge >= 0.3 is 0 Å². The summed E-state index contributed by atoms with van der Waals surface area (Å²) in [5, 5.41) is 3.68. The molecule has 1 aromatic heterocycles. The average Bonchev–Trinajstić information content (AvgIpc) is 2.53. The van der Waals surface area contributed by atoms with E-state index in [0.717, 1.165) is 0 Å². The number of carbonyl (C=O) groups excluding carboxylic acids is 1. The van der Waals surface area contributed by atoms with E-state index in [1.807, 2.05) is 0 Å². The van der Waals surface area contributed by atoms with Gasteiger partial charge in [0.2, 0.25) is 0 Å². The Morgan fingerprint density at radius 3 is 3.15 bits per heavy atom. The van der Waals surface area contributed by atoms with Crippen LogP contribution in [0.2, 0.25) is 0 Å². The summed E-state index contributed by atoms with van der Waals surface area (Å²) in [6.07, 6.45) is 1.46. The molecule has 1 amide bonds. The predicted octanol–water partition coefficient (Wildman–Crippen LogP) is 0.300. The number of thiazole rings is 1. The van der Waals surface area contributed by atoms with E-state index in [2.05, 4.69) is 10.3 Å². The fourth-order valence-corrected chi connectivity index (χ4v) is 1.42. The normalized spacial score (nSPS) is 9.92. The quantitative estimate of drug-likeness (QED) is 0.672. The summed E-state index contributed by atoms with van der Waals surface area (Å²) in [7, 11) is 1.62. The number of ether oxygens (including phenoxy) is 1. The van der Waals surface area contributed by atoms with E-state index < -0.39 is 5.91 Å². The Kier molecular flexibility index (Phi) is 3.66. The second-order valence-corrected chi connectivity index (χ2v) is 3.34. The van der Waals surface area contributed by atoms with E-state index in [-0.39, 0.29) is 0 Å². The SMILES string of the molecule is COCCNc1ncc(C(N)=O)s1. The Labute approximate surface area is 79.9 Å². The van der Waals surface area contributed by atoms with E-state index in [9.17, 15) is 4.79 Å². The Hall–Kier alpha value is -1.14. The monoisotopic (exact) mass is 201 g/mol. The molecule has 6 heteroatoms. The number of primary amides is 1. The molecule has 5 nitrogen and oxygen atoms in total. The number of hydrogen-bond donors (Lipinski definition) is 2. The third-order valence-electron chi connectivity index (χ3n) is 1.33. The zero-order chi connectivity index (χ0) is 9.68. The number of nitrogens with two attached hydrogens (primary N) is 1. The number of carbonyl (C=O) groups is 1. The summed E-state index contributed by atoms with van der Waals surface area (Å²) >= 11 is 1.24. The number of nitrogens with one attached hydrogen (secondary N) is 1. The minimum absolute atomic E-state index is 0.447. The van der Waals surface area contributed by atoms with Crippen LogP contribution < -0.4 is 11.1 Å². The largest absolute Gasteiger partial charge is 0.383 e. The topological polar surface area (TPSA) is 77.2 Å². The van der Waals surface area contributed by atoms with Gasteiger partial charge in [-0.1, -0.05) is 11.3 Å². The van der Waals surface area contributed by atoms with Gasteiger partial charge in [0, 0.05) is 13.7 Å². The zero-order valence-corrected chi connectivity index (χ0v) is 8.06. The molecule has 0 atom stereocenters. The molecule has 0 aliphatic heterocycles. The van der Waals surface area contributed by atoms with Crippen LogP contribution in [0.3, 0.4) is 0 Å². The van der Waals surface area contributed by atoms with Crippen molar-refractivity contribution < 1.29 is 9.53 Å². The lowest BCUT2D eigenvalue weighted by Crippen LogP contribution is -2.08. The summed E-state index contributed by atoms with van der Waals surface area (Å²) in [6, 6.07) is 0. The molecular weight excluding hydrogens is 190 g/mol. The van der Waals surface area contributed by atoms with Gasteiger partial charge in [0.1, 0.15) is 4.88 Å². The number of nitrogens with zero attached hydrogens (tertiary/aromatic N) is 1. The highest BCUT2D eigenvalue weighted by atomic mass is 32.1. The van der Waals surface area contributed by atoms with E-state index >= 15 is 0 Å². The van der Waals surface area contributed by atoms with Crippen molar-refractivity contribution >= 4 is 22.4 Å². The predicted molar refractivity (Wildman–Crippen MR) is 51.0 cm³/mol. The molecule has 0 aliphatic rings.